The number of rotatable bonds is 18. The van der Waals surface area contributed by atoms with E-state index in [0.717, 1.165) is 43.4 Å². The summed E-state index contributed by atoms with van der Waals surface area (Å²) in [5, 5.41) is 13.3. The van der Waals surface area contributed by atoms with Crippen LogP contribution in [0.1, 0.15) is 96.6 Å². The maximum Gasteiger partial charge on any atom is 0.475 e. The lowest BCUT2D eigenvalue weighted by atomic mass is 10.00. The van der Waals surface area contributed by atoms with Gasteiger partial charge >= 0.3 is 28.0 Å². The maximum absolute atomic E-state index is 13.8. The van der Waals surface area contributed by atoms with Gasteiger partial charge in [-0.25, -0.2) is 19.1 Å². The summed E-state index contributed by atoms with van der Waals surface area (Å²) >= 11 is 2.94. The monoisotopic (exact) mass is 1260 g/mol. The van der Waals surface area contributed by atoms with Crippen LogP contribution in [0.5, 0.6) is 0 Å². The number of aryl methyl sites for hydroxylation is 6. The highest BCUT2D eigenvalue weighted by Crippen LogP contribution is 2.55. The number of phosphoric ester groups is 2. The number of halogens is 7. The Kier molecular flexibility index (Phi) is 22.5. The molecule has 2 aromatic carbocycles. The standard InChI is InChI=1S/C25H27F3N5O6P.C23H23F3N5O6P.CH3Br.2CH4/c1-15-9-11-33-19(14-29-20(33)12-15)23(34)30-18-13-17(7-6-16(18)2)22-31-21(38-32-22)8-10-24(3,25(26,27)28)39-40(35,36-4)37-5;1-13-7-9-31-17(12-27-18(31)10-13)21(32)28-16-11-15(5-4-14(16)2)20-29-19(36-30-20)6-8-22(3,23(24,25)26)37-38(33,34)35;1-2;;/h6-7,9,11-14H,8,10H2,1-5H3,(H,30,34);4-5,7,9-12H,6,8H2,1-3H3,(H,28,32)(H2,33,34,35);1H3;2*1H4/t24-;22-;;;/m11.../s1. The Morgan fingerprint density at radius 2 is 1.01 bits per heavy atom. The third-order valence-corrected chi connectivity index (χ3v) is 14.3. The Balaban J connectivity index is 0.000000335. The minimum absolute atomic E-state index is 0. The van der Waals surface area contributed by atoms with Crippen molar-refractivity contribution in [1.29, 1.82) is 0 Å². The molecule has 4 N–H and O–H groups in total. The summed E-state index contributed by atoms with van der Waals surface area (Å²) in [6, 6.07) is 17.4. The topological polar surface area (TPSA) is 282 Å². The first kappa shape index (κ1) is 67.8. The van der Waals surface area contributed by atoms with Gasteiger partial charge < -0.3 is 29.5 Å². The SMILES string of the molecule is C.C.CBr.COP(=O)(OC)O[C@](C)(CCc1nc(-c2ccc(C)c(NC(=O)c3cnc4cc(C)ccn34)c2)no1)C(F)(F)F.Cc1ccn2c(C(=O)Nc3cc(-c4noc(CC[C@@](C)(OP(=O)(O)O)C(F)(F)F)n4)ccc3C)cnc2c1. The van der Waals surface area contributed by atoms with E-state index in [9.17, 15) is 45.1 Å². The Hall–Kier alpha value is -6.68. The van der Waals surface area contributed by atoms with E-state index in [2.05, 4.69) is 70.4 Å². The summed E-state index contributed by atoms with van der Waals surface area (Å²) in [4.78, 5) is 60.6. The number of phosphoric acid groups is 2. The van der Waals surface area contributed by atoms with Crippen LogP contribution in [0.4, 0.5) is 37.7 Å². The number of imidazole rings is 2. The minimum Gasteiger partial charge on any atom is -0.339 e. The predicted octanol–water partition coefficient (Wildman–Crippen LogP) is 12.8. The molecule has 0 aliphatic rings. The fraction of sp³-hybridized carbons (Fsp3) is 0.373. The van der Waals surface area contributed by atoms with Crippen molar-refractivity contribution in [2.75, 3.05) is 30.7 Å². The highest BCUT2D eigenvalue weighted by atomic mass is 79.9. The molecule has 31 heteroatoms. The molecular weight excluding hydrogens is 1200 g/mol. The van der Waals surface area contributed by atoms with Gasteiger partial charge in [0.2, 0.25) is 23.4 Å². The second-order valence-corrected chi connectivity index (χ2v) is 21.1. The Bertz CT molecular complexity index is 3600. The average Bonchev–Trinajstić information content (AvgIpc) is 4.37. The van der Waals surface area contributed by atoms with Crippen LogP contribution in [0.15, 0.2) is 94.5 Å². The number of amides is 2. The van der Waals surface area contributed by atoms with E-state index < -0.39 is 64.4 Å². The minimum atomic E-state index is -5.43. The normalized spacial score (nSPS) is 13.3. The third kappa shape index (κ3) is 16.3. The van der Waals surface area contributed by atoms with Crippen molar-refractivity contribution in [2.24, 2.45) is 0 Å². The van der Waals surface area contributed by atoms with E-state index in [1.165, 1.54) is 12.4 Å². The summed E-state index contributed by atoms with van der Waals surface area (Å²) in [6.07, 6.45) is -5.94. The first-order valence-corrected chi connectivity index (χ1v) is 28.1. The molecule has 0 aliphatic heterocycles. The van der Waals surface area contributed by atoms with Gasteiger partial charge in [-0.05, 0) is 119 Å². The van der Waals surface area contributed by atoms with Crippen molar-refractivity contribution in [3.63, 3.8) is 0 Å². The number of fused-ring (bicyclic) bond motifs is 2. The second-order valence-electron chi connectivity index (χ2n) is 18.1. The van der Waals surface area contributed by atoms with E-state index in [4.69, 9.17) is 23.4 Å². The largest absolute Gasteiger partial charge is 0.475 e. The van der Waals surface area contributed by atoms with Gasteiger partial charge in [0.15, 0.2) is 11.2 Å². The zero-order valence-corrected chi connectivity index (χ0v) is 47.4. The molecule has 82 heavy (non-hydrogen) atoms. The summed E-state index contributed by atoms with van der Waals surface area (Å²) < 4.78 is 136. The number of hydrogen-bond acceptors (Lipinski definition) is 16. The molecule has 6 heterocycles. The van der Waals surface area contributed by atoms with Gasteiger partial charge in [-0.1, -0.05) is 65.4 Å². The fourth-order valence-corrected chi connectivity index (χ4v) is 9.15. The van der Waals surface area contributed by atoms with E-state index in [-0.39, 0.29) is 50.6 Å². The molecule has 0 bridgehead atoms. The van der Waals surface area contributed by atoms with Gasteiger partial charge in [-0.3, -0.25) is 36.5 Å². The molecule has 22 nitrogen and oxygen atoms in total. The second kappa shape index (κ2) is 27.1. The van der Waals surface area contributed by atoms with Crippen molar-refractivity contribution in [3.05, 3.63) is 131 Å². The van der Waals surface area contributed by atoms with Crippen LogP contribution in [0, 0.1) is 27.7 Å². The number of hydrogen-bond donors (Lipinski definition) is 4. The molecule has 0 saturated heterocycles. The Labute approximate surface area is 475 Å². The molecular formula is C51H61BrF6N10O12P2. The number of anilines is 2. The van der Waals surface area contributed by atoms with Crippen molar-refractivity contribution in [1.82, 2.24) is 39.1 Å². The molecule has 0 saturated carbocycles. The molecule has 0 unspecified atom stereocenters. The molecule has 2 atom stereocenters. The predicted molar refractivity (Wildman–Crippen MR) is 294 cm³/mol. The van der Waals surface area contributed by atoms with Crippen molar-refractivity contribution >= 4 is 66.1 Å². The third-order valence-electron chi connectivity index (χ3n) is 12.1. The van der Waals surface area contributed by atoms with E-state index in [1.54, 1.807) is 71.4 Å². The smallest absolute Gasteiger partial charge is 0.339 e. The van der Waals surface area contributed by atoms with Crippen LogP contribution in [0.25, 0.3) is 34.1 Å². The van der Waals surface area contributed by atoms with E-state index >= 15 is 0 Å². The number of carbonyl (C=O) groups excluding carboxylic acids is 2. The molecule has 6 aromatic heterocycles. The summed E-state index contributed by atoms with van der Waals surface area (Å²) in [7, 11) is -8.04. The fourth-order valence-electron chi connectivity index (χ4n) is 7.44. The van der Waals surface area contributed by atoms with Crippen LogP contribution in [-0.4, -0.2) is 104 Å². The summed E-state index contributed by atoms with van der Waals surface area (Å²) in [6.45, 7) is 8.68. The quantitative estimate of drug-likeness (QED) is 0.0353. The lowest BCUT2D eigenvalue weighted by Crippen LogP contribution is -2.44. The van der Waals surface area contributed by atoms with Crippen molar-refractivity contribution < 1.29 is 82.0 Å². The Morgan fingerprint density at radius 1 is 0.634 bits per heavy atom. The van der Waals surface area contributed by atoms with Crippen LogP contribution in [0.3, 0.4) is 0 Å². The molecule has 0 spiro atoms. The summed E-state index contributed by atoms with van der Waals surface area (Å²) in [5.74, 6) is 0.860. The highest BCUT2D eigenvalue weighted by molar-refractivity contribution is 9.08. The molecule has 0 aliphatic carbocycles. The molecule has 446 valence electrons. The number of nitrogens with zero attached hydrogens (tertiary/aromatic N) is 8. The average molecular weight is 1260 g/mol. The van der Waals surface area contributed by atoms with Crippen LogP contribution < -0.4 is 10.6 Å². The van der Waals surface area contributed by atoms with Crippen LogP contribution >= 0.6 is 31.6 Å². The first-order valence-electron chi connectivity index (χ1n) is 23.5. The van der Waals surface area contributed by atoms with E-state index in [1.807, 2.05) is 43.9 Å². The maximum atomic E-state index is 13.8. The van der Waals surface area contributed by atoms with Crippen molar-refractivity contribution in [2.45, 2.75) is 106 Å². The van der Waals surface area contributed by atoms with Gasteiger partial charge in [-0.15, -0.1) is 0 Å². The Morgan fingerprint density at radius 3 is 1.37 bits per heavy atom. The van der Waals surface area contributed by atoms with Gasteiger partial charge in [0.25, 0.3) is 11.8 Å². The van der Waals surface area contributed by atoms with Gasteiger partial charge in [0, 0.05) is 62.0 Å². The number of benzene rings is 2. The van der Waals surface area contributed by atoms with Crippen molar-refractivity contribution in [3.8, 4) is 22.8 Å². The number of carbonyl (C=O) groups is 2. The zero-order chi connectivity index (χ0) is 59.2. The number of pyridine rings is 2. The molecule has 0 radical (unpaired) electrons. The summed E-state index contributed by atoms with van der Waals surface area (Å²) in [5.41, 5.74) is 1.16. The molecule has 8 aromatic rings. The number of aromatic nitrogens is 8. The molecule has 2 amide bonds. The van der Waals surface area contributed by atoms with Gasteiger partial charge in [-0.2, -0.15) is 36.3 Å². The number of nitrogens with one attached hydrogen (secondary N) is 2. The molecule has 0 fully saturated rings. The lowest BCUT2D eigenvalue weighted by molar-refractivity contribution is -0.249. The van der Waals surface area contributed by atoms with Gasteiger partial charge in [0.1, 0.15) is 22.7 Å². The zero-order valence-electron chi connectivity index (χ0n) is 44.0. The van der Waals surface area contributed by atoms with Crippen LogP contribution in [-0.2, 0) is 40.1 Å². The highest BCUT2D eigenvalue weighted by Gasteiger charge is 2.57. The van der Waals surface area contributed by atoms with Gasteiger partial charge in [0.05, 0.1) is 12.4 Å². The molecule has 8 rings (SSSR count). The first-order chi connectivity index (χ1) is 37.4. The number of alkyl halides is 7. The van der Waals surface area contributed by atoms with E-state index in [0.29, 0.717) is 52.1 Å². The van der Waals surface area contributed by atoms with Crippen LogP contribution in [0.2, 0.25) is 0 Å². The lowest BCUT2D eigenvalue weighted by Gasteiger charge is -2.33.